The van der Waals surface area contributed by atoms with E-state index in [-0.39, 0.29) is 25.9 Å². The van der Waals surface area contributed by atoms with Crippen molar-refractivity contribution in [3.63, 3.8) is 0 Å². The molecule has 198 valence electrons. The van der Waals surface area contributed by atoms with E-state index in [0.717, 1.165) is 23.9 Å². The van der Waals surface area contributed by atoms with Crippen LogP contribution in [0.25, 0.3) is 0 Å². The topological polar surface area (TPSA) is 132 Å². The lowest BCUT2D eigenvalue weighted by Crippen LogP contribution is -2.28. The van der Waals surface area contributed by atoms with Gasteiger partial charge in [0.1, 0.15) is 33.5 Å². The number of ether oxygens (including phenoxy) is 1. The number of hydrogen-bond donors (Lipinski definition) is 3. The maximum atomic E-state index is 13.1. The Morgan fingerprint density at radius 2 is 1.84 bits per heavy atom. The number of amides is 2. The van der Waals surface area contributed by atoms with E-state index < -0.39 is 53.8 Å². The van der Waals surface area contributed by atoms with Crippen LogP contribution in [0.5, 0.6) is 5.75 Å². The van der Waals surface area contributed by atoms with Crippen molar-refractivity contribution in [2.75, 3.05) is 17.7 Å². The molecule has 0 aliphatic rings. The zero-order valence-corrected chi connectivity index (χ0v) is 20.8. The number of thiazole rings is 1. The van der Waals surface area contributed by atoms with Gasteiger partial charge in [0.25, 0.3) is 11.8 Å². The van der Waals surface area contributed by atoms with Crippen LogP contribution < -0.4 is 21.1 Å². The monoisotopic (exact) mass is 612 g/mol. The summed E-state index contributed by atoms with van der Waals surface area (Å²) in [5, 5.41) is 4.96. The van der Waals surface area contributed by atoms with Crippen molar-refractivity contribution in [1.82, 2.24) is 20.3 Å². The van der Waals surface area contributed by atoms with Gasteiger partial charge in [-0.05, 0) is 41.1 Å². The third-order valence-electron chi connectivity index (χ3n) is 4.44. The molecule has 3 aromatic rings. The van der Waals surface area contributed by atoms with Crippen LogP contribution in [-0.2, 0) is 6.18 Å². The van der Waals surface area contributed by atoms with Crippen molar-refractivity contribution in [3.8, 4) is 5.75 Å². The molecule has 1 atom stereocenters. The molecule has 1 aromatic carbocycles. The van der Waals surface area contributed by atoms with Crippen molar-refractivity contribution in [1.29, 1.82) is 0 Å². The molecule has 0 radical (unpaired) electrons. The van der Waals surface area contributed by atoms with Gasteiger partial charge in [-0.3, -0.25) is 9.59 Å². The van der Waals surface area contributed by atoms with Gasteiger partial charge in [-0.15, -0.1) is 11.3 Å². The van der Waals surface area contributed by atoms with Crippen LogP contribution in [0, 0.1) is 0 Å². The summed E-state index contributed by atoms with van der Waals surface area (Å²) in [7, 11) is 0. The van der Waals surface area contributed by atoms with Gasteiger partial charge in [-0.1, -0.05) is 0 Å². The summed E-state index contributed by atoms with van der Waals surface area (Å²) in [6.45, 7) is -0.232. The first-order valence-corrected chi connectivity index (χ1v) is 11.5. The number of alkyl halides is 6. The van der Waals surface area contributed by atoms with Gasteiger partial charge in [-0.25, -0.2) is 15.0 Å². The minimum absolute atomic E-state index is 0.0363. The molecule has 9 nitrogen and oxygen atoms in total. The summed E-state index contributed by atoms with van der Waals surface area (Å²) in [6.07, 6.45) is -7.40. The van der Waals surface area contributed by atoms with Gasteiger partial charge in [0.05, 0.1) is 28.0 Å². The number of rotatable bonds is 7. The lowest BCUT2D eigenvalue weighted by molar-refractivity contribution is -0.153. The molecule has 37 heavy (non-hydrogen) atoms. The van der Waals surface area contributed by atoms with Crippen LogP contribution in [0.2, 0.25) is 0 Å². The maximum Gasteiger partial charge on any atom is 0.422 e. The number of nitrogens with one attached hydrogen (secondary N) is 2. The number of halogens is 7. The van der Waals surface area contributed by atoms with Gasteiger partial charge < -0.3 is 21.1 Å². The van der Waals surface area contributed by atoms with Crippen LogP contribution in [0.15, 0.2) is 35.2 Å². The number of carbonyl (C=O) groups is 2. The van der Waals surface area contributed by atoms with E-state index in [0.29, 0.717) is 18.2 Å². The zero-order valence-electron chi connectivity index (χ0n) is 18.4. The standard InChI is InChI=1S/C20H15BrF6N6O3S/c1-8(32-17(35)14-13(21)15(28)31-7-30-14)18-29-5-12(37-18)16(34)33-10-4-9(20(25,26)27)2-3-11(10)36-6-19(22,23)24/h2-5,7-8H,6H2,1H3,(H,32,35)(H,33,34)(H2,28,30,31). The number of aromatic nitrogens is 3. The van der Waals surface area contributed by atoms with Gasteiger partial charge in [0.15, 0.2) is 6.61 Å². The Hall–Kier alpha value is -3.47. The lowest BCUT2D eigenvalue weighted by atomic mass is 10.1. The van der Waals surface area contributed by atoms with Gasteiger partial charge in [0, 0.05) is 0 Å². The fourth-order valence-corrected chi connectivity index (χ4v) is 3.94. The predicted octanol–water partition coefficient (Wildman–Crippen LogP) is 4.98. The molecule has 0 saturated heterocycles. The number of carbonyl (C=O) groups excluding carboxylic acids is 2. The summed E-state index contributed by atoms with van der Waals surface area (Å²) in [5.74, 6) is -2.16. The van der Waals surface area contributed by atoms with Crippen molar-refractivity contribution in [3.05, 3.63) is 56.3 Å². The first-order valence-electron chi connectivity index (χ1n) is 9.90. The van der Waals surface area contributed by atoms with Crippen molar-refractivity contribution in [2.45, 2.75) is 25.3 Å². The number of nitrogens with two attached hydrogens (primary N) is 1. The Balaban J connectivity index is 1.77. The van der Waals surface area contributed by atoms with E-state index in [1.165, 1.54) is 0 Å². The SMILES string of the molecule is CC(NC(=O)c1ncnc(N)c1Br)c1ncc(C(=O)Nc2cc(C(F)(F)F)ccc2OCC(F)(F)F)s1. The molecule has 0 fully saturated rings. The second kappa shape index (κ2) is 10.9. The molecule has 17 heteroatoms. The molecule has 0 bridgehead atoms. The number of hydrogen-bond acceptors (Lipinski definition) is 8. The van der Waals surface area contributed by atoms with Crippen LogP contribution in [0.1, 0.15) is 43.7 Å². The van der Waals surface area contributed by atoms with E-state index in [1.807, 2.05) is 0 Å². The molecule has 0 spiro atoms. The molecule has 4 N–H and O–H groups in total. The van der Waals surface area contributed by atoms with Gasteiger partial charge >= 0.3 is 12.4 Å². The van der Waals surface area contributed by atoms with Crippen molar-refractivity contribution < 1.29 is 40.7 Å². The Morgan fingerprint density at radius 3 is 2.49 bits per heavy atom. The average Bonchev–Trinajstić information content (AvgIpc) is 3.29. The van der Waals surface area contributed by atoms with E-state index in [9.17, 15) is 35.9 Å². The number of anilines is 2. The fraction of sp³-hybridized carbons (Fsp3) is 0.250. The smallest absolute Gasteiger partial charge is 0.422 e. The predicted molar refractivity (Wildman–Crippen MR) is 123 cm³/mol. The summed E-state index contributed by atoms with van der Waals surface area (Å²) >= 11 is 3.90. The number of nitrogens with zero attached hydrogens (tertiary/aromatic N) is 3. The Labute approximate surface area is 216 Å². The van der Waals surface area contributed by atoms with Crippen LogP contribution in [0.4, 0.5) is 37.8 Å². The normalized spacial score (nSPS) is 12.6. The first kappa shape index (κ1) is 28.1. The van der Waals surface area contributed by atoms with Crippen LogP contribution in [-0.4, -0.2) is 39.5 Å². The molecule has 0 aliphatic heterocycles. The Kier molecular flexibility index (Phi) is 8.26. The number of benzene rings is 1. The van der Waals surface area contributed by atoms with E-state index >= 15 is 0 Å². The van der Waals surface area contributed by atoms with Gasteiger partial charge in [0.2, 0.25) is 0 Å². The zero-order chi connectivity index (χ0) is 27.5. The minimum atomic E-state index is -4.82. The molecule has 2 aromatic heterocycles. The summed E-state index contributed by atoms with van der Waals surface area (Å²) in [6, 6.07) is 0.930. The quantitative estimate of drug-likeness (QED) is 0.321. The molecule has 0 saturated carbocycles. The van der Waals surface area contributed by atoms with E-state index in [1.54, 1.807) is 6.92 Å². The molecule has 2 amide bonds. The highest BCUT2D eigenvalue weighted by Crippen LogP contribution is 2.36. The second-order valence-corrected chi connectivity index (χ2v) is 9.10. The third-order valence-corrected chi connectivity index (χ3v) is 6.40. The maximum absolute atomic E-state index is 13.1. The summed E-state index contributed by atoms with van der Waals surface area (Å²) in [5.41, 5.74) is 3.75. The minimum Gasteiger partial charge on any atom is -0.482 e. The number of nitrogen functional groups attached to an aromatic ring is 1. The first-order chi connectivity index (χ1) is 17.2. The Morgan fingerprint density at radius 1 is 1.14 bits per heavy atom. The second-order valence-electron chi connectivity index (χ2n) is 7.25. The van der Waals surface area contributed by atoms with Crippen molar-refractivity contribution in [2.24, 2.45) is 0 Å². The molecular formula is C20H15BrF6N6O3S. The van der Waals surface area contributed by atoms with Crippen molar-refractivity contribution >= 4 is 50.6 Å². The molecular weight excluding hydrogens is 598 g/mol. The molecule has 0 aliphatic carbocycles. The molecule has 1 unspecified atom stereocenters. The average molecular weight is 613 g/mol. The van der Waals surface area contributed by atoms with Crippen LogP contribution >= 0.6 is 27.3 Å². The largest absolute Gasteiger partial charge is 0.482 e. The van der Waals surface area contributed by atoms with E-state index in [2.05, 4.69) is 46.3 Å². The third kappa shape index (κ3) is 7.28. The fourth-order valence-electron chi connectivity index (χ4n) is 2.73. The molecule has 3 rings (SSSR count). The highest BCUT2D eigenvalue weighted by molar-refractivity contribution is 9.10. The highest BCUT2D eigenvalue weighted by atomic mass is 79.9. The van der Waals surface area contributed by atoms with E-state index in [4.69, 9.17) is 5.73 Å². The lowest BCUT2D eigenvalue weighted by Gasteiger charge is -2.16. The Bertz CT molecular complexity index is 1320. The summed E-state index contributed by atoms with van der Waals surface area (Å²) < 4.78 is 81.7. The highest BCUT2D eigenvalue weighted by Gasteiger charge is 2.33. The molecule has 2 heterocycles. The van der Waals surface area contributed by atoms with Crippen LogP contribution in [0.3, 0.4) is 0 Å². The van der Waals surface area contributed by atoms with Gasteiger partial charge in [-0.2, -0.15) is 26.3 Å². The summed E-state index contributed by atoms with van der Waals surface area (Å²) in [4.78, 5) is 36.6.